The molecular formula is C27H33N7O2S. The molecule has 2 heterocycles. The van der Waals surface area contributed by atoms with Gasteiger partial charge in [-0.25, -0.2) is 0 Å². The van der Waals surface area contributed by atoms with Gasteiger partial charge in [-0.3, -0.25) is 25.1 Å². The molecule has 0 bridgehead atoms. The molecule has 194 valence electrons. The number of benzene rings is 2. The summed E-state index contributed by atoms with van der Waals surface area (Å²) in [6.45, 7) is 9.13. The lowest BCUT2D eigenvalue weighted by Gasteiger charge is -2.18. The Morgan fingerprint density at radius 1 is 1.03 bits per heavy atom. The number of para-hydroxylation sites is 1. The molecule has 37 heavy (non-hydrogen) atoms. The van der Waals surface area contributed by atoms with E-state index in [1.807, 2.05) is 54.6 Å². The van der Waals surface area contributed by atoms with Crippen LogP contribution in [0.2, 0.25) is 0 Å². The van der Waals surface area contributed by atoms with Crippen LogP contribution in [0.5, 0.6) is 0 Å². The first-order chi connectivity index (χ1) is 18.0. The van der Waals surface area contributed by atoms with Gasteiger partial charge in [0.2, 0.25) is 0 Å². The van der Waals surface area contributed by atoms with Gasteiger partial charge in [-0.15, -0.1) is 11.3 Å². The number of aromatic amines is 1. The standard InChI is InChI=1S/C27H33N7O2S/c1-4-34(5-2)16-15-28-18-19-11-13-20(14-12-19)25(35)29-24-22-17-23(37-26(22)31-30-24)27(36)33(3)32-21-9-7-6-8-10-21/h6-14,17,28,32H,4-5,15-16,18H2,1-3H3,(H2,29,30,31,35). The Morgan fingerprint density at radius 2 is 1.76 bits per heavy atom. The number of rotatable bonds is 12. The summed E-state index contributed by atoms with van der Waals surface area (Å²) < 4.78 is 0. The first-order valence-electron chi connectivity index (χ1n) is 12.4. The highest BCUT2D eigenvalue weighted by molar-refractivity contribution is 7.20. The van der Waals surface area contributed by atoms with Crippen molar-refractivity contribution in [3.8, 4) is 0 Å². The van der Waals surface area contributed by atoms with Crippen LogP contribution in [0.4, 0.5) is 11.5 Å². The zero-order valence-corrected chi connectivity index (χ0v) is 22.2. The highest BCUT2D eigenvalue weighted by Gasteiger charge is 2.19. The van der Waals surface area contributed by atoms with E-state index in [2.05, 4.69) is 45.0 Å². The summed E-state index contributed by atoms with van der Waals surface area (Å²) in [5.41, 5.74) is 5.54. The highest BCUT2D eigenvalue weighted by atomic mass is 32.1. The van der Waals surface area contributed by atoms with Crippen molar-refractivity contribution in [1.29, 1.82) is 0 Å². The predicted octanol–water partition coefficient (Wildman–Crippen LogP) is 4.41. The van der Waals surface area contributed by atoms with Crippen molar-refractivity contribution >= 4 is 44.9 Å². The van der Waals surface area contributed by atoms with E-state index in [0.29, 0.717) is 21.6 Å². The molecule has 0 radical (unpaired) electrons. The molecule has 4 N–H and O–H groups in total. The third-order valence-corrected chi connectivity index (χ3v) is 7.15. The molecule has 4 rings (SSSR count). The normalized spacial score (nSPS) is 11.1. The fourth-order valence-corrected chi connectivity index (χ4v) is 4.88. The van der Waals surface area contributed by atoms with Gasteiger partial charge in [-0.2, -0.15) is 5.10 Å². The molecule has 2 aromatic heterocycles. The molecule has 0 fully saturated rings. The van der Waals surface area contributed by atoms with Crippen molar-refractivity contribution in [2.75, 3.05) is 44.0 Å². The number of hydrogen-bond donors (Lipinski definition) is 4. The van der Waals surface area contributed by atoms with Crippen molar-refractivity contribution in [2.45, 2.75) is 20.4 Å². The van der Waals surface area contributed by atoms with Crippen LogP contribution in [-0.2, 0) is 6.54 Å². The number of nitrogens with one attached hydrogen (secondary N) is 4. The van der Waals surface area contributed by atoms with Crippen molar-refractivity contribution in [2.24, 2.45) is 0 Å². The van der Waals surface area contributed by atoms with Gasteiger partial charge in [-0.05, 0) is 49.0 Å². The number of likely N-dealkylation sites (N-methyl/N-ethyl adjacent to an activating group) is 1. The summed E-state index contributed by atoms with van der Waals surface area (Å²) in [6.07, 6.45) is 0. The molecule has 4 aromatic rings. The fraction of sp³-hybridized carbons (Fsp3) is 0.296. The van der Waals surface area contributed by atoms with Gasteiger partial charge < -0.3 is 15.5 Å². The molecule has 0 aliphatic heterocycles. The third kappa shape index (κ3) is 6.73. The molecule has 0 spiro atoms. The number of hydrazine groups is 1. The van der Waals surface area contributed by atoms with Crippen LogP contribution in [0.3, 0.4) is 0 Å². The third-order valence-electron chi connectivity index (χ3n) is 6.12. The number of thiophene rings is 1. The maximum absolute atomic E-state index is 12.9. The summed E-state index contributed by atoms with van der Waals surface area (Å²) in [5, 5.41) is 15.6. The minimum absolute atomic E-state index is 0.183. The lowest BCUT2D eigenvalue weighted by atomic mass is 10.1. The van der Waals surface area contributed by atoms with Gasteiger partial charge >= 0.3 is 0 Å². The van der Waals surface area contributed by atoms with Crippen LogP contribution in [0.25, 0.3) is 10.2 Å². The minimum atomic E-state index is -0.253. The van der Waals surface area contributed by atoms with E-state index >= 15 is 0 Å². The second-order valence-electron chi connectivity index (χ2n) is 8.62. The number of hydrogen-bond acceptors (Lipinski definition) is 7. The first kappa shape index (κ1) is 26.3. The summed E-state index contributed by atoms with van der Waals surface area (Å²) in [7, 11) is 1.68. The average Bonchev–Trinajstić information content (AvgIpc) is 3.51. The Balaban J connectivity index is 1.34. The van der Waals surface area contributed by atoms with Crippen LogP contribution in [0.1, 0.15) is 39.4 Å². The number of amides is 2. The minimum Gasteiger partial charge on any atom is -0.311 e. The van der Waals surface area contributed by atoms with E-state index in [9.17, 15) is 9.59 Å². The number of carbonyl (C=O) groups excluding carboxylic acids is 2. The van der Waals surface area contributed by atoms with Gasteiger partial charge in [0.25, 0.3) is 11.8 Å². The Hall–Kier alpha value is -3.73. The molecule has 2 amide bonds. The second kappa shape index (κ2) is 12.5. The second-order valence-corrected chi connectivity index (χ2v) is 9.67. The number of aromatic nitrogens is 2. The number of fused-ring (bicyclic) bond motifs is 1. The van der Waals surface area contributed by atoms with Crippen LogP contribution in [-0.4, -0.2) is 65.1 Å². The van der Waals surface area contributed by atoms with Crippen molar-refractivity contribution < 1.29 is 9.59 Å². The lowest BCUT2D eigenvalue weighted by Crippen LogP contribution is -2.31. The quantitative estimate of drug-likeness (QED) is 0.163. The molecular weight excluding hydrogens is 486 g/mol. The summed E-state index contributed by atoms with van der Waals surface area (Å²) in [4.78, 5) is 29.4. The molecule has 0 aliphatic rings. The zero-order valence-electron chi connectivity index (χ0n) is 21.4. The monoisotopic (exact) mass is 519 g/mol. The zero-order chi connectivity index (χ0) is 26.2. The predicted molar refractivity (Wildman–Crippen MR) is 150 cm³/mol. The molecule has 0 saturated heterocycles. The highest BCUT2D eigenvalue weighted by Crippen LogP contribution is 2.30. The van der Waals surface area contributed by atoms with Crippen molar-refractivity contribution in [3.63, 3.8) is 0 Å². The van der Waals surface area contributed by atoms with Crippen LogP contribution >= 0.6 is 11.3 Å². The SMILES string of the molecule is CCN(CC)CCNCc1ccc(C(=O)Nc2n[nH]c3sc(C(=O)N(C)Nc4ccccc4)cc23)cc1. The van der Waals surface area contributed by atoms with Crippen molar-refractivity contribution in [3.05, 3.63) is 76.7 Å². The van der Waals surface area contributed by atoms with E-state index in [1.54, 1.807) is 13.1 Å². The average molecular weight is 520 g/mol. The van der Waals surface area contributed by atoms with E-state index in [4.69, 9.17) is 0 Å². The summed E-state index contributed by atoms with van der Waals surface area (Å²) in [5.74, 6) is -0.0375. The molecule has 9 nitrogen and oxygen atoms in total. The Labute approximate surface area is 220 Å². The van der Waals surface area contributed by atoms with Crippen LogP contribution in [0.15, 0.2) is 60.7 Å². The molecule has 0 unspecified atom stereocenters. The van der Waals surface area contributed by atoms with E-state index < -0.39 is 0 Å². The molecule has 0 atom stereocenters. The van der Waals surface area contributed by atoms with Crippen LogP contribution < -0.4 is 16.1 Å². The topological polar surface area (TPSA) is 105 Å². The van der Waals surface area contributed by atoms with Crippen LogP contribution in [0, 0.1) is 0 Å². The number of nitrogens with zero attached hydrogens (tertiary/aromatic N) is 3. The van der Waals surface area contributed by atoms with Gasteiger partial charge in [0.15, 0.2) is 5.82 Å². The number of H-pyrrole nitrogens is 1. The maximum Gasteiger partial charge on any atom is 0.282 e. The first-order valence-corrected chi connectivity index (χ1v) is 13.2. The number of anilines is 2. The van der Waals surface area contributed by atoms with E-state index in [1.165, 1.54) is 16.3 Å². The maximum atomic E-state index is 12.9. The molecule has 0 aliphatic carbocycles. The smallest absolute Gasteiger partial charge is 0.282 e. The summed E-state index contributed by atoms with van der Waals surface area (Å²) >= 11 is 1.29. The van der Waals surface area contributed by atoms with Gasteiger partial charge in [0.05, 0.1) is 16.0 Å². The lowest BCUT2D eigenvalue weighted by molar-refractivity contribution is 0.0830. The van der Waals surface area contributed by atoms with E-state index in [-0.39, 0.29) is 11.8 Å². The Bertz CT molecular complexity index is 1310. The molecule has 0 saturated carbocycles. The largest absolute Gasteiger partial charge is 0.311 e. The van der Waals surface area contributed by atoms with Crippen molar-refractivity contribution in [1.82, 2.24) is 25.4 Å². The van der Waals surface area contributed by atoms with E-state index in [0.717, 1.165) is 48.8 Å². The molecule has 10 heteroatoms. The molecule has 2 aromatic carbocycles. The van der Waals surface area contributed by atoms with Gasteiger partial charge in [0, 0.05) is 32.2 Å². The van der Waals surface area contributed by atoms with Gasteiger partial charge in [-0.1, -0.05) is 44.2 Å². The summed E-state index contributed by atoms with van der Waals surface area (Å²) in [6, 6.07) is 18.8. The van der Waals surface area contributed by atoms with Gasteiger partial charge in [0.1, 0.15) is 4.83 Å². The fourth-order valence-electron chi connectivity index (χ4n) is 3.90. The Morgan fingerprint density at radius 3 is 2.46 bits per heavy atom. The Kier molecular flexibility index (Phi) is 8.89. The number of carbonyl (C=O) groups is 2.